The second-order valence-corrected chi connectivity index (χ2v) is 3.31. The van der Waals surface area contributed by atoms with E-state index in [1.165, 1.54) is 18.2 Å². The van der Waals surface area contributed by atoms with E-state index in [1.807, 2.05) is 0 Å². The van der Waals surface area contributed by atoms with Crippen LogP contribution < -0.4 is 11.5 Å². The fourth-order valence-corrected chi connectivity index (χ4v) is 1.30. The number of hydrogen-bond donors (Lipinski definition) is 3. The van der Waals surface area contributed by atoms with Gasteiger partial charge in [-0.2, -0.15) is 0 Å². The molecule has 4 nitrogen and oxygen atoms in total. The van der Waals surface area contributed by atoms with Gasteiger partial charge in [0, 0.05) is 17.6 Å². The molecule has 0 saturated heterocycles. The van der Waals surface area contributed by atoms with E-state index in [2.05, 4.69) is 0 Å². The van der Waals surface area contributed by atoms with Crippen LogP contribution in [0.4, 0.5) is 4.39 Å². The largest absolute Gasteiger partial charge is 0.481 e. The summed E-state index contributed by atoms with van der Waals surface area (Å²) in [5.41, 5.74) is 11.4. The number of hydrogen-bond acceptors (Lipinski definition) is 3. The molecule has 0 aliphatic heterocycles. The number of halogens is 1. The summed E-state index contributed by atoms with van der Waals surface area (Å²) in [6.45, 7) is 0. The predicted octanol–water partition coefficient (Wildman–Crippen LogP) is 0.627. The van der Waals surface area contributed by atoms with Gasteiger partial charge in [0.05, 0.1) is 6.42 Å². The maximum atomic E-state index is 13.3. The van der Waals surface area contributed by atoms with Crippen LogP contribution in [-0.2, 0) is 4.79 Å². The molecule has 82 valence electrons. The number of carboxylic acids is 1. The maximum absolute atomic E-state index is 13.3. The Morgan fingerprint density at radius 3 is 2.53 bits per heavy atom. The average Bonchev–Trinajstić information content (AvgIpc) is 2.16. The van der Waals surface area contributed by atoms with Crippen LogP contribution in [0, 0.1) is 5.82 Å². The first-order valence-electron chi connectivity index (χ1n) is 4.49. The Morgan fingerprint density at radius 2 is 2.00 bits per heavy atom. The summed E-state index contributed by atoms with van der Waals surface area (Å²) in [4.78, 5) is 10.4. The highest BCUT2D eigenvalue weighted by Crippen LogP contribution is 2.18. The Kier molecular flexibility index (Phi) is 3.76. The van der Waals surface area contributed by atoms with Crippen LogP contribution in [0.15, 0.2) is 24.3 Å². The first kappa shape index (κ1) is 11.6. The quantitative estimate of drug-likeness (QED) is 0.682. The van der Waals surface area contributed by atoms with Crippen LogP contribution >= 0.6 is 0 Å². The zero-order valence-electron chi connectivity index (χ0n) is 8.06. The molecule has 0 aromatic heterocycles. The van der Waals surface area contributed by atoms with Crippen molar-refractivity contribution in [2.45, 2.75) is 18.5 Å². The number of carboxylic acid groups (broad SMARTS) is 1. The summed E-state index contributed by atoms with van der Waals surface area (Å²) in [6, 6.07) is 4.34. The maximum Gasteiger partial charge on any atom is 0.304 e. The van der Waals surface area contributed by atoms with E-state index < -0.39 is 23.9 Å². The Labute approximate surface area is 86.7 Å². The molecular formula is C10H13FN2O2. The van der Waals surface area contributed by atoms with Gasteiger partial charge in [-0.25, -0.2) is 4.39 Å². The number of benzene rings is 1. The lowest BCUT2D eigenvalue weighted by Crippen LogP contribution is -2.36. The first-order chi connectivity index (χ1) is 7.02. The summed E-state index contributed by atoms with van der Waals surface area (Å²) in [7, 11) is 0. The molecule has 0 fully saturated rings. The predicted molar refractivity (Wildman–Crippen MR) is 53.6 cm³/mol. The second kappa shape index (κ2) is 4.86. The number of carbonyl (C=O) groups is 1. The highest BCUT2D eigenvalue weighted by molar-refractivity contribution is 5.67. The zero-order valence-corrected chi connectivity index (χ0v) is 8.06. The van der Waals surface area contributed by atoms with Crippen LogP contribution in [-0.4, -0.2) is 17.1 Å². The van der Waals surface area contributed by atoms with Crippen molar-refractivity contribution in [3.8, 4) is 0 Å². The van der Waals surface area contributed by atoms with Gasteiger partial charge in [0.25, 0.3) is 0 Å². The topological polar surface area (TPSA) is 89.3 Å². The molecule has 15 heavy (non-hydrogen) atoms. The molecule has 0 radical (unpaired) electrons. The lowest BCUT2D eigenvalue weighted by atomic mass is 9.98. The average molecular weight is 212 g/mol. The number of rotatable bonds is 4. The van der Waals surface area contributed by atoms with Crippen molar-refractivity contribution >= 4 is 5.97 Å². The van der Waals surface area contributed by atoms with Crippen molar-refractivity contribution in [2.24, 2.45) is 11.5 Å². The Bertz CT molecular complexity index is 357. The Balaban J connectivity index is 2.80. The van der Waals surface area contributed by atoms with Crippen molar-refractivity contribution in [3.05, 3.63) is 35.6 Å². The molecule has 0 saturated carbocycles. The van der Waals surface area contributed by atoms with Crippen molar-refractivity contribution in [3.63, 3.8) is 0 Å². The minimum Gasteiger partial charge on any atom is -0.481 e. The Morgan fingerprint density at radius 1 is 1.40 bits per heavy atom. The van der Waals surface area contributed by atoms with E-state index in [0.717, 1.165) is 0 Å². The molecule has 1 aromatic rings. The third-order valence-electron chi connectivity index (χ3n) is 2.14. The smallest absolute Gasteiger partial charge is 0.304 e. The fraction of sp³-hybridized carbons (Fsp3) is 0.300. The molecule has 0 aliphatic carbocycles. The Hall–Kier alpha value is -1.46. The summed E-state index contributed by atoms with van der Waals surface area (Å²) in [6.07, 6.45) is -0.282. The number of nitrogens with two attached hydrogens (primary N) is 2. The molecule has 1 rings (SSSR count). The lowest BCUT2D eigenvalue weighted by Gasteiger charge is -2.18. The van der Waals surface area contributed by atoms with Crippen LogP contribution in [0.25, 0.3) is 0 Å². The van der Waals surface area contributed by atoms with Gasteiger partial charge in [0.1, 0.15) is 5.82 Å². The van der Waals surface area contributed by atoms with E-state index >= 15 is 0 Å². The second-order valence-electron chi connectivity index (χ2n) is 3.31. The van der Waals surface area contributed by atoms with Gasteiger partial charge in [0.15, 0.2) is 0 Å². The van der Waals surface area contributed by atoms with E-state index in [-0.39, 0.29) is 12.0 Å². The molecule has 0 amide bonds. The third-order valence-corrected chi connectivity index (χ3v) is 2.14. The van der Waals surface area contributed by atoms with E-state index in [4.69, 9.17) is 16.6 Å². The van der Waals surface area contributed by atoms with Crippen molar-refractivity contribution in [1.82, 2.24) is 0 Å². The molecule has 0 bridgehead atoms. The monoisotopic (exact) mass is 212 g/mol. The van der Waals surface area contributed by atoms with E-state index in [1.54, 1.807) is 6.07 Å². The van der Waals surface area contributed by atoms with Gasteiger partial charge in [-0.05, 0) is 6.07 Å². The molecule has 0 spiro atoms. The SMILES string of the molecule is NC(CC(=O)O)C(N)c1ccccc1F. The van der Waals surface area contributed by atoms with Crippen LogP contribution in [0.1, 0.15) is 18.0 Å². The molecule has 2 unspecified atom stereocenters. The van der Waals surface area contributed by atoms with E-state index in [0.29, 0.717) is 0 Å². The number of aliphatic carboxylic acids is 1. The van der Waals surface area contributed by atoms with Gasteiger partial charge in [0.2, 0.25) is 0 Å². The van der Waals surface area contributed by atoms with Gasteiger partial charge in [-0.3, -0.25) is 4.79 Å². The highest BCUT2D eigenvalue weighted by atomic mass is 19.1. The van der Waals surface area contributed by atoms with Gasteiger partial charge in [-0.15, -0.1) is 0 Å². The summed E-state index contributed by atoms with van der Waals surface area (Å²) in [5.74, 6) is -1.51. The molecule has 1 aromatic carbocycles. The van der Waals surface area contributed by atoms with Crippen molar-refractivity contribution in [1.29, 1.82) is 0 Å². The summed E-state index contributed by atoms with van der Waals surface area (Å²) in [5, 5.41) is 8.52. The molecule has 0 heterocycles. The van der Waals surface area contributed by atoms with Gasteiger partial charge >= 0.3 is 5.97 Å². The first-order valence-corrected chi connectivity index (χ1v) is 4.49. The normalized spacial score (nSPS) is 14.6. The van der Waals surface area contributed by atoms with Crippen molar-refractivity contribution < 1.29 is 14.3 Å². The van der Waals surface area contributed by atoms with Gasteiger partial charge in [-0.1, -0.05) is 18.2 Å². The van der Waals surface area contributed by atoms with Crippen LogP contribution in [0.5, 0.6) is 0 Å². The van der Waals surface area contributed by atoms with Gasteiger partial charge < -0.3 is 16.6 Å². The molecule has 5 heteroatoms. The van der Waals surface area contributed by atoms with E-state index in [9.17, 15) is 9.18 Å². The standard InChI is InChI=1S/C10H13FN2O2/c11-7-4-2-1-3-6(7)10(13)8(12)5-9(14)15/h1-4,8,10H,5,12-13H2,(H,14,15). The van der Waals surface area contributed by atoms with Crippen LogP contribution in [0.2, 0.25) is 0 Å². The zero-order chi connectivity index (χ0) is 11.4. The van der Waals surface area contributed by atoms with Crippen molar-refractivity contribution in [2.75, 3.05) is 0 Å². The summed E-state index contributed by atoms with van der Waals surface area (Å²) < 4.78 is 13.3. The molecule has 0 aliphatic rings. The summed E-state index contributed by atoms with van der Waals surface area (Å²) >= 11 is 0. The molecular weight excluding hydrogens is 199 g/mol. The van der Waals surface area contributed by atoms with Crippen LogP contribution in [0.3, 0.4) is 0 Å². The molecule has 5 N–H and O–H groups in total. The molecule has 2 atom stereocenters. The lowest BCUT2D eigenvalue weighted by molar-refractivity contribution is -0.137. The minimum atomic E-state index is -1.05. The minimum absolute atomic E-state index is 0.242. The third kappa shape index (κ3) is 3.00. The fourth-order valence-electron chi connectivity index (χ4n) is 1.30. The highest BCUT2D eigenvalue weighted by Gasteiger charge is 2.20.